The highest BCUT2D eigenvalue weighted by Gasteiger charge is 2.25. The molecule has 1 atom stereocenters. The molecule has 2 heterocycles. The monoisotopic (exact) mass is 606 g/mol. The van der Waals surface area contributed by atoms with Crippen molar-refractivity contribution >= 4 is 59.7 Å². The van der Waals surface area contributed by atoms with Crippen molar-refractivity contribution in [3.8, 4) is 0 Å². The predicted octanol–water partition coefficient (Wildman–Crippen LogP) is 7.15. The highest BCUT2D eigenvalue weighted by atomic mass is 127. The molecule has 0 saturated heterocycles. The molecule has 0 aliphatic heterocycles. The van der Waals surface area contributed by atoms with E-state index in [1.54, 1.807) is 30.5 Å². The summed E-state index contributed by atoms with van der Waals surface area (Å²) in [6, 6.07) is 8.87. The Balaban J connectivity index is 1.97. The van der Waals surface area contributed by atoms with E-state index in [2.05, 4.69) is 52.5 Å². The Labute approximate surface area is 212 Å². The van der Waals surface area contributed by atoms with Crippen LogP contribution in [0, 0.1) is 16.4 Å². The van der Waals surface area contributed by atoms with Crippen LogP contribution in [-0.4, -0.2) is 29.2 Å². The average Bonchev–Trinajstić information content (AvgIpc) is 3.00. The van der Waals surface area contributed by atoms with Crippen molar-refractivity contribution in [2.75, 3.05) is 11.9 Å². The van der Waals surface area contributed by atoms with Crippen LogP contribution in [0.1, 0.15) is 23.1 Å². The third-order valence-electron chi connectivity index (χ3n) is 4.87. The Morgan fingerprint density at radius 3 is 2.59 bits per heavy atom. The zero-order valence-corrected chi connectivity index (χ0v) is 23.1. The minimum atomic E-state index is -1.20. The summed E-state index contributed by atoms with van der Waals surface area (Å²) in [7, 11) is -1.20. The van der Waals surface area contributed by atoms with E-state index < -0.39 is 19.9 Å². The number of hydrogen-bond donors (Lipinski definition) is 1. The molecule has 0 radical (unpaired) electrons. The fourth-order valence-corrected chi connectivity index (χ4v) is 4.54. The lowest BCUT2D eigenvalue weighted by Crippen LogP contribution is -2.23. The molecule has 172 valence electrons. The van der Waals surface area contributed by atoms with E-state index in [1.165, 1.54) is 6.07 Å². The predicted molar refractivity (Wildman–Crippen MR) is 140 cm³/mol. The number of nitrogens with zero attached hydrogens (tertiary/aromatic N) is 3. The number of pyridine rings is 1. The van der Waals surface area contributed by atoms with Gasteiger partial charge in [0.25, 0.3) is 0 Å². The minimum Gasteiger partial charge on any atom is -0.361 e. The topological polar surface area (TPSA) is 52.0 Å². The fraction of sp³-hybridized carbons (Fsp3) is 0.364. The van der Waals surface area contributed by atoms with Gasteiger partial charge in [-0.05, 0) is 65.4 Å². The van der Waals surface area contributed by atoms with Gasteiger partial charge in [-0.3, -0.25) is 4.57 Å². The first-order valence-corrected chi connectivity index (χ1v) is 15.7. The number of aromatic nitrogens is 3. The second kappa shape index (κ2) is 10.8. The molecule has 5 nitrogen and oxygen atoms in total. The lowest BCUT2D eigenvalue weighted by atomic mass is 10.1. The third-order valence-corrected chi connectivity index (χ3v) is 8.46. The first-order valence-electron chi connectivity index (χ1n) is 10.2. The van der Waals surface area contributed by atoms with E-state index in [0.29, 0.717) is 35.6 Å². The van der Waals surface area contributed by atoms with Gasteiger partial charge >= 0.3 is 0 Å². The molecule has 3 aromatic rings. The lowest BCUT2D eigenvalue weighted by Gasteiger charge is -2.22. The molecule has 0 amide bonds. The molecule has 0 aliphatic rings. The van der Waals surface area contributed by atoms with Gasteiger partial charge in [-0.2, -0.15) is 0 Å². The Hall–Kier alpha value is -1.20. The number of hydrogen-bond acceptors (Lipinski definition) is 4. The molecule has 0 spiro atoms. The third kappa shape index (κ3) is 6.66. The Kier molecular flexibility index (Phi) is 8.59. The Morgan fingerprint density at radius 1 is 1.22 bits per heavy atom. The molecule has 0 fully saturated rings. The van der Waals surface area contributed by atoms with E-state index in [0.717, 1.165) is 15.4 Å². The van der Waals surface area contributed by atoms with E-state index in [9.17, 15) is 4.39 Å². The highest BCUT2D eigenvalue weighted by molar-refractivity contribution is 14.1. The number of benzene rings is 1. The van der Waals surface area contributed by atoms with E-state index in [4.69, 9.17) is 32.9 Å². The first-order chi connectivity index (χ1) is 15.0. The molecule has 0 bridgehead atoms. The molecule has 2 aromatic heterocycles. The maximum absolute atomic E-state index is 14.3. The number of rotatable bonds is 9. The average molecular weight is 607 g/mol. The molecular weight excluding hydrogens is 581 g/mol. The zero-order chi connectivity index (χ0) is 23.5. The number of anilines is 1. The maximum atomic E-state index is 14.3. The smallest absolute Gasteiger partial charge is 0.142 e. The molecule has 1 N–H and O–H groups in total. The summed E-state index contributed by atoms with van der Waals surface area (Å²) in [6.07, 6.45) is 1.56. The largest absolute Gasteiger partial charge is 0.361 e. The standard InChI is InChI=1S/C22H26Cl2FIN4OSi/c1-14-21(26)30(13-31-9-10-32(2,3)4)22(28-14)20(15-5-7-17(24)18(25)11-15)29-19-8-6-16(23)12-27-19/h5-8,11-12,20H,9-10,13H2,1-4H3,(H,27,29). The Bertz CT molecular complexity index is 1070. The van der Waals surface area contributed by atoms with Gasteiger partial charge in [-0.1, -0.05) is 48.9 Å². The molecule has 0 saturated carbocycles. The van der Waals surface area contributed by atoms with Crippen LogP contribution in [-0.2, 0) is 11.5 Å². The van der Waals surface area contributed by atoms with Gasteiger partial charge in [0.05, 0.1) is 15.7 Å². The van der Waals surface area contributed by atoms with Crippen molar-refractivity contribution in [1.29, 1.82) is 0 Å². The van der Waals surface area contributed by atoms with Crippen LogP contribution >= 0.6 is 45.8 Å². The molecule has 3 rings (SSSR count). The molecule has 1 unspecified atom stereocenters. The van der Waals surface area contributed by atoms with Crippen molar-refractivity contribution < 1.29 is 9.13 Å². The van der Waals surface area contributed by atoms with Gasteiger partial charge in [0.2, 0.25) is 0 Å². The van der Waals surface area contributed by atoms with Crippen LogP contribution < -0.4 is 5.32 Å². The summed E-state index contributed by atoms with van der Waals surface area (Å²) in [6.45, 7) is 9.96. The van der Waals surface area contributed by atoms with Crippen molar-refractivity contribution in [3.63, 3.8) is 0 Å². The van der Waals surface area contributed by atoms with Gasteiger partial charge in [-0.15, -0.1) is 0 Å². The summed E-state index contributed by atoms with van der Waals surface area (Å²) in [5.41, 5.74) is 1.55. The summed E-state index contributed by atoms with van der Waals surface area (Å²) in [4.78, 5) is 9.13. The minimum absolute atomic E-state index is 0.0703. The number of halogens is 4. The first kappa shape index (κ1) is 25.4. The molecule has 10 heteroatoms. The van der Waals surface area contributed by atoms with Gasteiger partial charge in [-0.25, -0.2) is 14.4 Å². The van der Waals surface area contributed by atoms with Gasteiger partial charge < -0.3 is 10.1 Å². The van der Waals surface area contributed by atoms with Gasteiger partial charge in [0.1, 0.15) is 33.9 Å². The SMILES string of the molecule is Cc1nc(C(Nc2ccc(Cl)cn2)c2ccc(Cl)c(F)c2)n(COCC[Si](C)(C)C)c1I. The van der Waals surface area contributed by atoms with Crippen LogP contribution in [0.5, 0.6) is 0 Å². The molecule has 0 aliphatic carbocycles. The molecule has 1 aromatic carbocycles. The van der Waals surface area contributed by atoms with Crippen LogP contribution in [0.3, 0.4) is 0 Å². The van der Waals surface area contributed by atoms with Crippen molar-refractivity contribution in [2.24, 2.45) is 0 Å². The lowest BCUT2D eigenvalue weighted by molar-refractivity contribution is 0.0832. The van der Waals surface area contributed by atoms with E-state index >= 15 is 0 Å². The normalized spacial score (nSPS) is 12.8. The van der Waals surface area contributed by atoms with E-state index in [-0.39, 0.29) is 5.02 Å². The number of aryl methyl sites for hydroxylation is 1. The number of nitrogens with one attached hydrogen (secondary N) is 1. The second-order valence-electron chi connectivity index (χ2n) is 8.73. The fourth-order valence-electron chi connectivity index (χ4n) is 3.05. The van der Waals surface area contributed by atoms with Crippen molar-refractivity contribution in [3.05, 3.63) is 73.2 Å². The zero-order valence-electron chi connectivity index (χ0n) is 18.4. The van der Waals surface area contributed by atoms with Crippen molar-refractivity contribution in [1.82, 2.24) is 14.5 Å². The number of imidazole rings is 1. The Morgan fingerprint density at radius 2 is 1.97 bits per heavy atom. The summed E-state index contributed by atoms with van der Waals surface area (Å²) < 4.78 is 23.4. The summed E-state index contributed by atoms with van der Waals surface area (Å²) >= 11 is 14.2. The van der Waals surface area contributed by atoms with Crippen LogP contribution in [0.25, 0.3) is 0 Å². The summed E-state index contributed by atoms with van der Waals surface area (Å²) in [5, 5.41) is 3.97. The van der Waals surface area contributed by atoms with E-state index in [1.807, 2.05) is 11.5 Å². The highest BCUT2D eigenvalue weighted by Crippen LogP contribution is 2.30. The van der Waals surface area contributed by atoms with Gasteiger partial charge in [0, 0.05) is 20.9 Å². The number of ether oxygens (including phenoxy) is 1. The maximum Gasteiger partial charge on any atom is 0.142 e. The van der Waals surface area contributed by atoms with Crippen molar-refractivity contribution in [2.45, 2.75) is 45.4 Å². The summed E-state index contributed by atoms with van der Waals surface area (Å²) in [5.74, 6) is 0.811. The second-order valence-corrected chi connectivity index (χ2v) is 16.2. The van der Waals surface area contributed by atoms with Crippen LogP contribution in [0.2, 0.25) is 35.7 Å². The quantitative estimate of drug-likeness (QED) is 0.160. The van der Waals surface area contributed by atoms with Crippen LogP contribution in [0.4, 0.5) is 10.2 Å². The van der Waals surface area contributed by atoms with Crippen LogP contribution in [0.15, 0.2) is 36.5 Å². The molecular formula is C22H26Cl2FIN4OSi. The van der Waals surface area contributed by atoms with Gasteiger partial charge in [0.15, 0.2) is 0 Å². The molecule has 32 heavy (non-hydrogen) atoms.